The molecule has 0 aliphatic rings. The Bertz CT molecular complexity index is 413. The van der Waals surface area contributed by atoms with Crippen LogP contribution in [0.4, 0.5) is 11.6 Å². The van der Waals surface area contributed by atoms with Gasteiger partial charge in [-0.05, 0) is 33.6 Å². The van der Waals surface area contributed by atoms with E-state index in [9.17, 15) is 0 Å². The van der Waals surface area contributed by atoms with E-state index in [0.29, 0.717) is 0 Å². The van der Waals surface area contributed by atoms with Crippen molar-refractivity contribution < 1.29 is 0 Å². The Hall–Kier alpha value is -1.32. The summed E-state index contributed by atoms with van der Waals surface area (Å²) in [7, 11) is 1.91. The molecule has 4 heteroatoms. The standard InChI is InChI=1S/C15H28N4/c1-7-9-12-17-13(16-6)11(3)14(18-12)19-15(4,5)10-8-2/h7-10H2,1-6H3,(H2,16,17,18,19). The second-order valence-electron chi connectivity index (χ2n) is 5.72. The highest BCUT2D eigenvalue weighted by molar-refractivity contribution is 5.57. The van der Waals surface area contributed by atoms with E-state index >= 15 is 0 Å². The van der Waals surface area contributed by atoms with E-state index in [1.54, 1.807) is 0 Å². The number of hydrogen-bond acceptors (Lipinski definition) is 4. The van der Waals surface area contributed by atoms with Crippen molar-refractivity contribution >= 4 is 11.6 Å². The highest BCUT2D eigenvalue weighted by Gasteiger charge is 2.19. The summed E-state index contributed by atoms with van der Waals surface area (Å²) in [5.41, 5.74) is 1.15. The zero-order valence-electron chi connectivity index (χ0n) is 13.2. The van der Waals surface area contributed by atoms with Crippen LogP contribution in [0.3, 0.4) is 0 Å². The first-order valence-corrected chi connectivity index (χ1v) is 7.27. The van der Waals surface area contributed by atoms with Gasteiger partial charge in [-0.15, -0.1) is 0 Å². The van der Waals surface area contributed by atoms with Gasteiger partial charge in [-0.1, -0.05) is 20.3 Å². The van der Waals surface area contributed by atoms with Crippen LogP contribution in [-0.4, -0.2) is 22.6 Å². The molecule has 0 aromatic carbocycles. The van der Waals surface area contributed by atoms with E-state index in [1.807, 2.05) is 7.05 Å². The molecule has 0 spiro atoms. The molecule has 0 aliphatic carbocycles. The average Bonchev–Trinajstić information content (AvgIpc) is 2.33. The summed E-state index contributed by atoms with van der Waals surface area (Å²) in [6.45, 7) is 10.9. The van der Waals surface area contributed by atoms with Crippen LogP contribution in [0.5, 0.6) is 0 Å². The first-order chi connectivity index (χ1) is 8.93. The van der Waals surface area contributed by atoms with Crippen molar-refractivity contribution in [2.45, 2.75) is 65.8 Å². The SMILES string of the molecule is CCCc1nc(NC)c(C)c(NC(C)(C)CCC)n1. The lowest BCUT2D eigenvalue weighted by Crippen LogP contribution is -2.31. The third kappa shape index (κ3) is 4.37. The van der Waals surface area contributed by atoms with E-state index < -0.39 is 0 Å². The van der Waals surface area contributed by atoms with Crippen molar-refractivity contribution in [1.82, 2.24) is 9.97 Å². The van der Waals surface area contributed by atoms with Gasteiger partial charge < -0.3 is 10.6 Å². The summed E-state index contributed by atoms with van der Waals surface area (Å²) in [6, 6.07) is 0. The third-order valence-electron chi connectivity index (χ3n) is 3.23. The molecule has 0 bridgehead atoms. The Balaban J connectivity index is 3.07. The molecule has 4 nitrogen and oxygen atoms in total. The van der Waals surface area contributed by atoms with Gasteiger partial charge in [-0.3, -0.25) is 0 Å². The maximum absolute atomic E-state index is 4.68. The predicted octanol–water partition coefficient (Wildman–Crippen LogP) is 3.77. The summed E-state index contributed by atoms with van der Waals surface area (Å²) in [6.07, 6.45) is 4.25. The van der Waals surface area contributed by atoms with Crippen LogP contribution in [0.2, 0.25) is 0 Å². The van der Waals surface area contributed by atoms with Gasteiger partial charge in [0.05, 0.1) is 0 Å². The van der Waals surface area contributed by atoms with E-state index in [-0.39, 0.29) is 5.54 Å². The van der Waals surface area contributed by atoms with Gasteiger partial charge in [0.25, 0.3) is 0 Å². The maximum atomic E-state index is 4.68. The minimum atomic E-state index is 0.0579. The number of rotatable bonds is 7. The molecule has 1 aromatic rings. The lowest BCUT2D eigenvalue weighted by Gasteiger charge is -2.28. The molecule has 0 amide bonds. The van der Waals surface area contributed by atoms with E-state index in [0.717, 1.165) is 48.7 Å². The molecule has 1 rings (SSSR count). The Morgan fingerprint density at radius 3 is 2.21 bits per heavy atom. The van der Waals surface area contributed by atoms with Crippen molar-refractivity contribution in [3.8, 4) is 0 Å². The quantitative estimate of drug-likeness (QED) is 0.787. The number of nitrogens with one attached hydrogen (secondary N) is 2. The van der Waals surface area contributed by atoms with Gasteiger partial charge in [0.2, 0.25) is 0 Å². The molecular weight excluding hydrogens is 236 g/mol. The molecule has 108 valence electrons. The fourth-order valence-electron chi connectivity index (χ4n) is 2.27. The van der Waals surface area contributed by atoms with Crippen LogP contribution in [0.15, 0.2) is 0 Å². The molecule has 0 saturated heterocycles. The summed E-state index contributed by atoms with van der Waals surface area (Å²) in [5.74, 6) is 2.79. The number of aromatic nitrogens is 2. The number of aryl methyl sites for hydroxylation is 1. The zero-order valence-corrected chi connectivity index (χ0v) is 13.2. The molecule has 1 aromatic heterocycles. The van der Waals surface area contributed by atoms with Crippen LogP contribution < -0.4 is 10.6 Å². The molecule has 2 N–H and O–H groups in total. The normalized spacial score (nSPS) is 11.5. The summed E-state index contributed by atoms with van der Waals surface area (Å²) in [5, 5.41) is 6.73. The zero-order chi connectivity index (χ0) is 14.5. The first-order valence-electron chi connectivity index (χ1n) is 7.27. The molecule has 0 fully saturated rings. The van der Waals surface area contributed by atoms with Gasteiger partial charge in [0.15, 0.2) is 0 Å². The monoisotopic (exact) mass is 264 g/mol. The Labute approximate surface area is 117 Å². The van der Waals surface area contributed by atoms with Crippen LogP contribution >= 0.6 is 0 Å². The smallest absolute Gasteiger partial charge is 0.135 e. The Morgan fingerprint density at radius 1 is 1.05 bits per heavy atom. The molecule has 19 heavy (non-hydrogen) atoms. The van der Waals surface area contributed by atoms with Crippen LogP contribution in [0, 0.1) is 6.92 Å². The fourth-order valence-corrected chi connectivity index (χ4v) is 2.27. The van der Waals surface area contributed by atoms with Crippen LogP contribution in [-0.2, 0) is 6.42 Å². The van der Waals surface area contributed by atoms with Gasteiger partial charge in [0, 0.05) is 24.6 Å². The molecular formula is C15H28N4. The lowest BCUT2D eigenvalue weighted by molar-refractivity contribution is 0.508. The summed E-state index contributed by atoms with van der Waals surface area (Å²) < 4.78 is 0. The van der Waals surface area contributed by atoms with Crippen molar-refractivity contribution in [2.75, 3.05) is 17.7 Å². The largest absolute Gasteiger partial charge is 0.373 e. The number of nitrogens with zero attached hydrogens (tertiary/aromatic N) is 2. The van der Waals surface area contributed by atoms with Gasteiger partial charge in [-0.2, -0.15) is 0 Å². The number of hydrogen-bond donors (Lipinski definition) is 2. The molecule has 0 atom stereocenters. The topological polar surface area (TPSA) is 49.8 Å². The highest BCUT2D eigenvalue weighted by atomic mass is 15.1. The Kier molecular flexibility index (Phi) is 5.58. The van der Waals surface area contributed by atoms with Crippen LogP contribution in [0.1, 0.15) is 58.3 Å². The molecule has 0 saturated carbocycles. The van der Waals surface area contributed by atoms with Crippen molar-refractivity contribution in [1.29, 1.82) is 0 Å². The summed E-state index contributed by atoms with van der Waals surface area (Å²) >= 11 is 0. The van der Waals surface area contributed by atoms with E-state index in [1.165, 1.54) is 0 Å². The van der Waals surface area contributed by atoms with Gasteiger partial charge in [0.1, 0.15) is 17.5 Å². The average molecular weight is 264 g/mol. The molecule has 1 heterocycles. The second kappa shape index (κ2) is 6.73. The Morgan fingerprint density at radius 2 is 1.68 bits per heavy atom. The molecule has 0 radical (unpaired) electrons. The third-order valence-corrected chi connectivity index (χ3v) is 3.23. The van der Waals surface area contributed by atoms with E-state index in [4.69, 9.17) is 0 Å². The van der Waals surface area contributed by atoms with Crippen molar-refractivity contribution in [3.63, 3.8) is 0 Å². The molecule has 0 aliphatic heterocycles. The second-order valence-corrected chi connectivity index (χ2v) is 5.72. The maximum Gasteiger partial charge on any atom is 0.135 e. The number of anilines is 2. The van der Waals surface area contributed by atoms with Gasteiger partial charge in [-0.25, -0.2) is 9.97 Å². The minimum absolute atomic E-state index is 0.0579. The van der Waals surface area contributed by atoms with Crippen molar-refractivity contribution in [2.24, 2.45) is 0 Å². The van der Waals surface area contributed by atoms with Crippen molar-refractivity contribution in [3.05, 3.63) is 11.4 Å². The van der Waals surface area contributed by atoms with Crippen LogP contribution in [0.25, 0.3) is 0 Å². The highest BCUT2D eigenvalue weighted by Crippen LogP contribution is 2.25. The van der Waals surface area contributed by atoms with Gasteiger partial charge >= 0.3 is 0 Å². The molecule has 0 unspecified atom stereocenters. The van der Waals surface area contributed by atoms with E-state index in [2.05, 4.69) is 55.2 Å². The fraction of sp³-hybridized carbons (Fsp3) is 0.733. The lowest BCUT2D eigenvalue weighted by atomic mass is 9.99. The summed E-state index contributed by atoms with van der Waals surface area (Å²) in [4.78, 5) is 9.23. The minimum Gasteiger partial charge on any atom is -0.373 e. The predicted molar refractivity (Wildman–Crippen MR) is 82.9 cm³/mol. The first kappa shape index (κ1) is 15.7.